The van der Waals surface area contributed by atoms with Gasteiger partial charge in [-0.25, -0.2) is 0 Å². The summed E-state index contributed by atoms with van der Waals surface area (Å²) in [6, 6.07) is 0.734. The first-order chi connectivity index (χ1) is 7.58. The smallest absolute Gasteiger partial charge is 0.0428 e. The number of hydrogen-bond donors (Lipinski definition) is 2. The Hall–Kier alpha value is -0.0800. The van der Waals surface area contributed by atoms with Crippen LogP contribution >= 0.6 is 0 Å². The molecule has 0 amide bonds. The van der Waals surface area contributed by atoms with Gasteiger partial charge >= 0.3 is 0 Å². The predicted octanol–water partition coefficient (Wildman–Crippen LogP) is 3.34. The maximum absolute atomic E-state index is 7.88. The zero-order chi connectivity index (χ0) is 12.4. The van der Waals surface area contributed by atoms with Gasteiger partial charge in [0.1, 0.15) is 0 Å². The molecule has 1 fully saturated rings. The minimum Gasteiger partial charge on any atom is -0.396 e. The van der Waals surface area contributed by atoms with Gasteiger partial charge in [-0.2, -0.15) is 0 Å². The van der Waals surface area contributed by atoms with Crippen molar-refractivity contribution >= 4 is 0 Å². The molecule has 98 valence electrons. The lowest BCUT2D eigenvalue weighted by molar-refractivity contribution is 0.197. The molecule has 0 saturated heterocycles. The summed E-state index contributed by atoms with van der Waals surface area (Å²) >= 11 is 0. The van der Waals surface area contributed by atoms with Crippen molar-refractivity contribution in [3.05, 3.63) is 0 Å². The van der Waals surface area contributed by atoms with Crippen molar-refractivity contribution in [2.45, 2.75) is 71.8 Å². The molecule has 0 aromatic rings. The topological polar surface area (TPSA) is 32.3 Å². The summed E-state index contributed by atoms with van der Waals surface area (Å²) in [5.41, 5.74) is 0.509. The van der Waals surface area contributed by atoms with Gasteiger partial charge in [-0.05, 0) is 31.7 Å². The quantitative estimate of drug-likeness (QED) is 0.761. The van der Waals surface area contributed by atoms with Crippen molar-refractivity contribution in [2.24, 2.45) is 5.41 Å². The van der Waals surface area contributed by atoms with Crippen LogP contribution < -0.4 is 5.32 Å². The summed E-state index contributed by atoms with van der Waals surface area (Å²) in [6.07, 6.45) is 9.34. The maximum Gasteiger partial charge on any atom is 0.0428 e. The molecule has 0 heterocycles. The second-order valence-corrected chi connectivity index (χ2v) is 5.51. The fraction of sp³-hybridized carbons (Fsp3) is 1.00. The highest BCUT2D eigenvalue weighted by Crippen LogP contribution is 2.32. The second-order valence-electron chi connectivity index (χ2n) is 5.51. The van der Waals surface area contributed by atoms with Gasteiger partial charge in [-0.3, -0.25) is 0 Å². The van der Waals surface area contributed by atoms with Crippen LogP contribution in [0.1, 0.15) is 65.7 Å². The van der Waals surface area contributed by atoms with E-state index < -0.39 is 0 Å². The molecule has 16 heavy (non-hydrogen) atoms. The fourth-order valence-corrected chi connectivity index (χ4v) is 2.38. The van der Waals surface area contributed by atoms with Crippen molar-refractivity contribution < 1.29 is 5.11 Å². The molecule has 0 spiro atoms. The summed E-state index contributed by atoms with van der Waals surface area (Å²) in [4.78, 5) is 0. The predicted molar refractivity (Wildman–Crippen MR) is 71.7 cm³/mol. The molecule has 0 aromatic carbocycles. The summed E-state index contributed by atoms with van der Waals surface area (Å²) in [6.45, 7) is 7.05. The molecule has 0 aliphatic heterocycles. The van der Waals surface area contributed by atoms with E-state index in [1.165, 1.54) is 38.5 Å². The zero-order valence-electron chi connectivity index (χ0n) is 11.7. The van der Waals surface area contributed by atoms with E-state index in [0.717, 1.165) is 12.5 Å². The third-order valence-electron chi connectivity index (χ3n) is 3.58. The van der Waals surface area contributed by atoms with Gasteiger partial charge in [-0.1, -0.05) is 46.5 Å². The van der Waals surface area contributed by atoms with E-state index in [9.17, 15) is 0 Å². The molecular formula is C14H31NO. The summed E-state index contributed by atoms with van der Waals surface area (Å²) in [5.74, 6) is 0. The molecule has 0 radical (unpaired) electrons. The van der Waals surface area contributed by atoms with Crippen LogP contribution in [-0.2, 0) is 0 Å². The number of aliphatic hydroxyl groups is 1. The third-order valence-corrected chi connectivity index (χ3v) is 3.58. The maximum atomic E-state index is 7.88. The Morgan fingerprint density at radius 3 is 2.25 bits per heavy atom. The number of hydrogen-bond acceptors (Lipinski definition) is 2. The third kappa shape index (κ3) is 6.49. The average molecular weight is 229 g/mol. The van der Waals surface area contributed by atoms with Crippen LogP contribution in [0.25, 0.3) is 0 Å². The molecule has 1 aliphatic carbocycles. The average Bonchev–Trinajstić information content (AvgIpc) is 2.25. The molecule has 1 unspecified atom stereocenters. The zero-order valence-corrected chi connectivity index (χ0v) is 11.7. The fourth-order valence-electron chi connectivity index (χ4n) is 2.38. The molecule has 1 aliphatic rings. The van der Waals surface area contributed by atoms with Crippen LogP contribution in [0.5, 0.6) is 0 Å². The number of aliphatic hydroxyl groups excluding tert-OH is 1. The minimum atomic E-state index is 0.319. The molecule has 1 atom stereocenters. The highest BCUT2D eigenvalue weighted by molar-refractivity contribution is 4.84. The Balaban J connectivity index is 0.000000487. The Bertz CT molecular complexity index is 155. The lowest BCUT2D eigenvalue weighted by atomic mass is 9.76. The van der Waals surface area contributed by atoms with Crippen molar-refractivity contribution in [3.63, 3.8) is 0 Å². The minimum absolute atomic E-state index is 0.319. The molecule has 0 aromatic heterocycles. The van der Waals surface area contributed by atoms with Gasteiger partial charge < -0.3 is 10.4 Å². The van der Waals surface area contributed by atoms with Crippen LogP contribution in [0, 0.1) is 5.41 Å². The normalized spacial score (nSPS) is 24.9. The Labute approximate surface area is 102 Å². The van der Waals surface area contributed by atoms with E-state index in [-0.39, 0.29) is 0 Å². The summed E-state index contributed by atoms with van der Waals surface area (Å²) in [5, 5.41) is 11.3. The largest absolute Gasteiger partial charge is 0.396 e. The van der Waals surface area contributed by atoms with Gasteiger partial charge in [-0.15, -0.1) is 0 Å². The molecule has 1 rings (SSSR count). The van der Waals surface area contributed by atoms with E-state index >= 15 is 0 Å². The first kappa shape index (κ1) is 15.9. The molecule has 0 bridgehead atoms. The van der Waals surface area contributed by atoms with Crippen molar-refractivity contribution in [3.8, 4) is 0 Å². The first-order valence-electron chi connectivity index (χ1n) is 6.86. The number of nitrogens with one attached hydrogen (secondary N) is 1. The molecular weight excluding hydrogens is 198 g/mol. The van der Waals surface area contributed by atoms with E-state index in [4.69, 9.17) is 5.11 Å². The van der Waals surface area contributed by atoms with Crippen molar-refractivity contribution in [1.82, 2.24) is 5.32 Å². The highest BCUT2D eigenvalue weighted by Gasteiger charge is 2.28. The second kappa shape index (κ2) is 9.00. The van der Waals surface area contributed by atoms with Gasteiger partial charge in [0.15, 0.2) is 0 Å². The standard InChI is InChI=1S/C11H23N.C3H8O/c1-11(2)9-7-5-4-6-8-10(11)12-3;1-2-3-4/h10,12H,4-9H2,1-3H3;4H,2-3H2,1H3. The molecule has 2 heteroatoms. The SMILES string of the molecule is CCCO.CNC1CCCCCCC1(C)C. The van der Waals surface area contributed by atoms with Crippen LogP contribution in [0.2, 0.25) is 0 Å². The number of rotatable bonds is 2. The summed E-state index contributed by atoms with van der Waals surface area (Å²) in [7, 11) is 2.11. The van der Waals surface area contributed by atoms with Crippen LogP contribution in [-0.4, -0.2) is 24.8 Å². The first-order valence-corrected chi connectivity index (χ1v) is 6.86. The summed E-state index contributed by atoms with van der Waals surface area (Å²) < 4.78 is 0. The Morgan fingerprint density at radius 2 is 1.75 bits per heavy atom. The van der Waals surface area contributed by atoms with Gasteiger partial charge in [0.2, 0.25) is 0 Å². The van der Waals surface area contributed by atoms with Crippen molar-refractivity contribution in [2.75, 3.05) is 13.7 Å². The van der Waals surface area contributed by atoms with Crippen LogP contribution in [0.15, 0.2) is 0 Å². The van der Waals surface area contributed by atoms with E-state index in [0.29, 0.717) is 12.0 Å². The highest BCUT2D eigenvalue weighted by atomic mass is 16.2. The van der Waals surface area contributed by atoms with E-state index in [2.05, 4.69) is 26.2 Å². The molecule has 1 saturated carbocycles. The Morgan fingerprint density at radius 1 is 1.19 bits per heavy atom. The molecule has 2 nitrogen and oxygen atoms in total. The van der Waals surface area contributed by atoms with Crippen LogP contribution in [0.4, 0.5) is 0 Å². The lowest BCUT2D eigenvalue weighted by Crippen LogP contribution is -2.40. The monoisotopic (exact) mass is 229 g/mol. The van der Waals surface area contributed by atoms with Gasteiger partial charge in [0, 0.05) is 12.6 Å². The van der Waals surface area contributed by atoms with Crippen molar-refractivity contribution in [1.29, 1.82) is 0 Å². The molecule has 2 N–H and O–H groups in total. The Kier molecular flexibility index (Phi) is 8.96. The lowest BCUT2D eigenvalue weighted by Gasteiger charge is -2.36. The van der Waals surface area contributed by atoms with E-state index in [1.807, 2.05) is 6.92 Å². The van der Waals surface area contributed by atoms with E-state index in [1.54, 1.807) is 0 Å². The van der Waals surface area contributed by atoms with Gasteiger partial charge in [0.05, 0.1) is 0 Å². The van der Waals surface area contributed by atoms with Gasteiger partial charge in [0.25, 0.3) is 0 Å². The van der Waals surface area contributed by atoms with Crippen LogP contribution in [0.3, 0.4) is 0 Å².